The molecule has 0 bridgehead atoms. The number of ether oxygens (including phenoxy) is 4. The van der Waals surface area contributed by atoms with Crippen LogP contribution in [-0.2, 0) is 30.5 Å². The third kappa shape index (κ3) is 14.3. The quantitative estimate of drug-likeness (QED) is 0.0723. The average molecular weight is 597 g/mol. The molecule has 0 radical (unpaired) electrons. The van der Waals surface area contributed by atoms with Crippen molar-refractivity contribution < 1.29 is 18.9 Å². The van der Waals surface area contributed by atoms with Gasteiger partial charge in [-0.15, -0.1) is 0 Å². The summed E-state index contributed by atoms with van der Waals surface area (Å²) >= 11 is 0. The molecule has 0 saturated heterocycles. The first-order chi connectivity index (χ1) is 21.2. The maximum absolute atomic E-state index is 5.81. The highest BCUT2D eigenvalue weighted by atomic mass is 16.7. The Balaban J connectivity index is 1.33. The van der Waals surface area contributed by atoms with Crippen LogP contribution in [0.3, 0.4) is 0 Å². The van der Waals surface area contributed by atoms with Gasteiger partial charge < -0.3 is 18.9 Å². The summed E-state index contributed by atoms with van der Waals surface area (Å²) in [4.78, 5) is 0. The monoisotopic (exact) mass is 596 g/mol. The Morgan fingerprint density at radius 2 is 0.535 bits per heavy atom. The van der Waals surface area contributed by atoms with E-state index in [4.69, 9.17) is 18.9 Å². The Bertz CT molecular complexity index is 803. The summed E-state index contributed by atoms with van der Waals surface area (Å²) in [5, 5.41) is 0. The summed E-state index contributed by atoms with van der Waals surface area (Å²) < 4.78 is 23.2. The summed E-state index contributed by atoms with van der Waals surface area (Å²) in [6.45, 7) is 0. The van der Waals surface area contributed by atoms with E-state index in [1.54, 1.807) is 28.4 Å². The molecule has 0 unspecified atom stereocenters. The minimum absolute atomic E-state index is 0.603. The van der Waals surface area contributed by atoms with Crippen LogP contribution in [0.15, 0.2) is 60.7 Å². The molecular formula is C39H64O4. The van der Waals surface area contributed by atoms with E-state index < -0.39 is 11.6 Å². The smallest absolute Gasteiger partial charge is 0.194 e. The summed E-state index contributed by atoms with van der Waals surface area (Å²) in [6, 6.07) is 20.7. The van der Waals surface area contributed by atoms with Crippen molar-refractivity contribution in [2.24, 2.45) is 0 Å². The molecule has 0 fully saturated rings. The van der Waals surface area contributed by atoms with Crippen molar-refractivity contribution in [3.63, 3.8) is 0 Å². The molecule has 0 aromatic heterocycles. The van der Waals surface area contributed by atoms with E-state index in [1.165, 1.54) is 109 Å². The normalized spacial score (nSPS) is 12.2. The Kier molecular flexibility index (Phi) is 20.6. The van der Waals surface area contributed by atoms with Gasteiger partial charge in [-0.05, 0) is 12.8 Å². The van der Waals surface area contributed by atoms with Crippen LogP contribution in [0.1, 0.15) is 146 Å². The number of rotatable bonds is 28. The van der Waals surface area contributed by atoms with Crippen LogP contribution in [0, 0.1) is 0 Å². The number of hydrogen-bond donors (Lipinski definition) is 0. The molecule has 0 heterocycles. The number of methoxy groups -OCH3 is 4. The summed E-state index contributed by atoms with van der Waals surface area (Å²) in [6.07, 6.45) is 27.4. The van der Waals surface area contributed by atoms with Gasteiger partial charge in [0.1, 0.15) is 0 Å². The molecule has 244 valence electrons. The van der Waals surface area contributed by atoms with Gasteiger partial charge in [-0.1, -0.05) is 170 Å². The van der Waals surface area contributed by atoms with Crippen molar-refractivity contribution in [2.45, 2.75) is 146 Å². The molecule has 0 N–H and O–H groups in total. The molecule has 43 heavy (non-hydrogen) atoms. The zero-order valence-electron chi connectivity index (χ0n) is 28.3. The lowest BCUT2D eigenvalue weighted by Crippen LogP contribution is -2.30. The molecule has 2 rings (SSSR count). The van der Waals surface area contributed by atoms with E-state index in [0.29, 0.717) is 0 Å². The lowest BCUT2D eigenvalue weighted by Gasteiger charge is -2.31. The number of unbranched alkanes of at least 4 members (excludes halogenated alkanes) is 18. The fraction of sp³-hybridized carbons (Fsp3) is 0.692. The van der Waals surface area contributed by atoms with Crippen LogP contribution in [0.4, 0.5) is 0 Å². The van der Waals surface area contributed by atoms with Gasteiger partial charge in [0.25, 0.3) is 0 Å². The predicted molar refractivity (Wildman–Crippen MR) is 181 cm³/mol. The van der Waals surface area contributed by atoms with E-state index in [9.17, 15) is 0 Å². The standard InChI is InChI=1S/C39H64O4/c1-40-38(41-2,36-30-24-22-25-31-36)34-28-20-18-16-14-12-10-8-6-5-7-9-11-13-15-17-19-21-29-35-39(42-3,43-4)37-32-26-23-27-33-37/h22-27,30-33H,5-21,28-29,34-35H2,1-4H3. The maximum Gasteiger partial charge on any atom is 0.194 e. The third-order valence-corrected chi connectivity index (χ3v) is 9.26. The first kappa shape index (κ1) is 37.5. The largest absolute Gasteiger partial charge is 0.349 e. The molecule has 0 aliphatic carbocycles. The molecule has 0 atom stereocenters. The molecule has 0 spiro atoms. The van der Waals surface area contributed by atoms with Gasteiger partial charge in [-0.25, -0.2) is 0 Å². The maximum atomic E-state index is 5.81. The highest BCUT2D eigenvalue weighted by Crippen LogP contribution is 2.33. The molecular weight excluding hydrogens is 532 g/mol. The van der Waals surface area contributed by atoms with Crippen molar-refractivity contribution in [3.05, 3.63) is 71.8 Å². The van der Waals surface area contributed by atoms with Gasteiger partial charge in [0.05, 0.1) is 0 Å². The van der Waals surface area contributed by atoms with Gasteiger partial charge in [0.2, 0.25) is 0 Å². The molecule has 0 amide bonds. The second-order valence-corrected chi connectivity index (χ2v) is 12.3. The lowest BCUT2D eigenvalue weighted by molar-refractivity contribution is -0.221. The summed E-state index contributed by atoms with van der Waals surface area (Å²) in [7, 11) is 7.02. The fourth-order valence-corrected chi connectivity index (χ4v) is 6.44. The summed E-state index contributed by atoms with van der Waals surface area (Å²) in [5.41, 5.74) is 2.22. The highest BCUT2D eigenvalue weighted by molar-refractivity contribution is 5.21. The highest BCUT2D eigenvalue weighted by Gasteiger charge is 2.32. The second kappa shape index (κ2) is 23.6. The zero-order chi connectivity index (χ0) is 30.9. The van der Waals surface area contributed by atoms with Gasteiger partial charge in [-0.3, -0.25) is 0 Å². The predicted octanol–water partition coefficient (Wildman–Crippen LogP) is 11.5. The molecule has 0 aliphatic heterocycles. The minimum atomic E-state index is -0.603. The van der Waals surface area contributed by atoms with E-state index in [-0.39, 0.29) is 0 Å². The molecule has 0 saturated carbocycles. The SMILES string of the molecule is COC(CCCCCCCCCCCCCCCCCCCCCC(OC)(OC)c1ccccc1)(OC)c1ccccc1. The lowest BCUT2D eigenvalue weighted by atomic mass is 9.97. The molecule has 4 nitrogen and oxygen atoms in total. The third-order valence-electron chi connectivity index (χ3n) is 9.26. The van der Waals surface area contributed by atoms with Gasteiger partial charge in [0, 0.05) is 52.4 Å². The number of hydrogen-bond acceptors (Lipinski definition) is 4. The Hall–Kier alpha value is -1.72. The van der Waals surface area contributed by atoms with Gasteiger partial charge >= 0.3 is 0 Å². The summed E-state index contributed by atoms with van der Waals surface area (Å²) in [5.74, 6) is -1.21. The van der Waals surface area contributed by atoms with Crippen molar-refractivity contribution >= 4 is 0 Å². The molecule has 2 aromatic rings. The van der Waals surface area contributed by atoms with E-state index in [2.05, 4.69) is 48.5 Å². The van der Waals surface area contributed by atoms with Crippen LogP contribution in [0.2, 0.25) is 0 Å². The van der Waals surface area contributed by atoms with Crippen LogP contribution in [-0.4, -0.2) is 28.4 Å². The fourth-order valence-electron chi connectivity index (χ4n) is 6.44. The number of benzene rings is 2. The van der Waals surface area contributed by atoms with E-state index in [0.717, 1.165) is 36.8 Å². The Morgan fingerprint density at radius 3 is 0.744 bits per heavy atom. The second-order valence-electron chi connectivity index (χ2n) is 12.3. The van der Waals surface area contributed by atoms with Crippen LogP contribution in [0.25, 0.3) is 0 Å². The zero-order valence-corrected chi connectivity index (χ0v) is 28.3. The van der Waals surface area contributed by atoms with Crippen molar-refractivity contribution in [2.75, 3.05) is 28.4 Å². The van der Waals surface area contributed by atoms with E-state index >= 15 is 0 Å². The van der Waals surface area contributed by atoms with Crippen molar-refractivity contribution in [1.29, 1.82) is 0 Å². The topological polar surface area (TPSA) is 36.9 Å². The first-order valence-electron chi connectivity index (χ1n) is 17.5. The van der Waals surface area contributed by atoms with Crippen LogP contribution in [0.5, 0.6) is 0 Å². The van der Waals surface area contributed by atoms with Crippen LogP contribution >= 0.6 is 0 Å². The molecule has 0 aliphatic rings. The van der Waals surface area contributed by atoms with E-state index in [1.807, 2.05) is 12.1 Å². The minimum Gasteiger partial charge on any atom is -0.349 e. The average Bonchev–Trinajstić information content (AvgIpc) is 3.06. The molecule has 2 aromatic carbocycles. The van der Waals surface area contributed by atoms with Gasteiger partial charge in [0.15, 0.2) is 11.6 Å². The van der Waals surface area contributed by atoms with Crippen molar-refractivity contribution in [1.82, 2.24) is 0 Å². The first-order valence-corrected chi connectivity index (χ1v) is 17.5. The van der Waals surface area contributed by atoms with Gasteiger partial charge in [-0.2, -0.15) is 0 Å². The van der Waals surface area contributed by atoms with Crippen LogP contribution < -0.4 is 0 Å². The Morgan fingerprint density at radius 1 is 0.326 bits per heavy atom. The molecule has 4 heteroatoms. The van der Waals surface area contributed by atoms with Crippen molar-refractivity contribution in [3.8, 4) is 0 Å². The Labute approximate surface area is 265 Å².